The Morgan fingerprint density at radius 3 is 2.35 bits per heavy atom. The number of nitrogens with zero attached hydrogens (tertiary/aromatic N) is 2. The second-order valence-electron chi connectivity index (χ2n) is 6.59. The summed E-state index contributed by atoms with van der Waals surface area (Å²) in [5, 5.41) is 11.9. The molecule has 6 nitrogen and oxygen atoms in total. The van der Waals surface area contributed by atoms with Crippen molar-refractivity contribution in [2.24, 2.45) is 5.92 Å². The Hall–Kier alpha value is -2.73. The standard InChI is InChI=1S/C20H22N2O4/c1-26-18(23)12-17-14-21(13-15-8-4-2-5-9-15)19(20(17)22(24)25)16-10-6-3-7-11-16/h2-11,17,19-20H,12-14H2,1H3. The van der Waals surface area contributed by atoms with Gasteiger partial charge in [0.2, 0.25) is 6.04 Å². The molecule has 26 heavy (non-hydrogen) atoms. The van der Waals surface area contributed by atoms with Crippen molar-refractivity contribution in [2.45, 2.75) is 25.0 Å². The largest absolute Gasteiger partial charge is 0.469 e. The summed E-state index contributed by atoms with van der Waals surface area (Å²) in [5.41, 5.74) is 1.99. The highest BCUT2D eigenvalue weighted by Gasteiger charge is 2.50. The number of likely N-dealkylation sites (tertiary alicyclic amines) is 1. The van der Waals surface area contributed by atoms with E-state index in [2.05, 4.69) is 4.90 Å². The van der Waals surface area contributed by atoms with Crippen LogP contribution in [0.5, 0.6) is 0 Å². The number of benzene rings is 2. The summed E-state index contributed by atoms with van der Waals surface area (Å²) < 4.78 is 4.75. The third-order valence-corrected chi connectivity index (χ3v) is 4.94. The van der Waals surface area contributed by atoms with Gasteiger partial charge in [-0.1, -0.05) is 60.7 Å². The summed E-state index contributed by atoms with van der Waals surface area (Å²) in [5.74, 6) is -0.790. The van der Waals surface area contributed by atoms with Gasteiger partial charge < -0.3 is 4.74 Å². The molecule has 0 saturated carbocycles. The maximum Gasteiger partial charge on any atom is 0.306 e. The molecule has 2 aromatic rings. The number of carbonyl (C=O) groups is 1. The van der Waals surface area contributed by atoms with Gasteiger partial charge in [-0.3, -0.25) is 19.8 Å². The molecule has 1 heterocycles. The summed E-state index contributed by atoms with van der Waals surface area (Å²) in [6.45, 7) is 1.08. The van der Waals surface area contributed by atoms with Crippen LogP contribution in [0, 0.1) is 16.0 Å². The van der Waals surface area contributed by atoms with Crippen molar-refractivity contribution >= 4 is 5.97 Å². The maximum atomic E-state index is 11.9. The van der Waals surface area contributed by atoms with E-state index >= 15 is 0 Å². The summed E-state index contributed by atoms with van der Waals surface area (Å²) >= 11 is 0. The molecule has 3 rings (SSSR count). The average Bonchev–Trinajstić information content (AvgIpc) is 3.01. The monoisotopic (exact) mass is 354 g/mol. The van der Waals surface area contributed by atoms with Crippen LogP contribution in [-0.4, -0.2) is 35.5 Å². The van der Waals surface area contributed by atoms with Crippen LogP contribution in [0.25, 0.3) is 0 Å². The van der Waals surface area contributed by atoms with Crippen molar-refractivity contribution in [2.75, 3.05) is 13.7 Å². The SMILES string of the molecule is COC(=O)CC1CN(Cc2ccccc2)C(c2ccccc2)C1[N+](=O)[O-]. The van der Waals surface area contributed by atoms with Crippen LogP contribution in [0.1, 0.15) is 23.6 Å². The minimum Gasteiger partial charge on any atom is -0.469 e. The predicted octanol–water partition coefficient (Wildman–Crippen LogP) is 3.07. The number of nitro groups is 1. The van der Waals surface area contributed by atoms with Gasteiger partial charge in [0.1, 0.15) is 6.04 Å². The zero-order valence-electron chi connectivity index (χ0n) is 14.7. The minimum atomic E-state index is -0.847. The van der Waals surface area contributed by atoms with E-state index in [0.29, 0.717) is 13.1 Å². The normalized spacial score (nSPS) is 22.9. The van der Waals surface area contributed by atoms with Crippen LogP contribution in [0.2, 0.25) is 0 Å². The fourth-order valence-corrected chi connectivity index (χ4v) is 3.81. The van der Waals surface area contributed by atoms with E-state index in [1.165, 1.54) is 7.11 Å². The van der Waals surface area contributed by atoms with Gasteiger partial charge in [-0.25, -0.2) is 0 Å². The first-order valence-electron chi connectivity index (χ1n) is 8.63. The Labute approximate surface area is 152 Å². The topological polar surface area (TPSA) is 72.7 Å². The van der Waals surface area contributed by atoms with Gasteiger partial charge in [-0.15, -0.1) is 0 Å². The van der Waals surface area contributed by atoms with Crippen LogP contribution in [0.4, 0.5) is 0 Å². The lowest BCUT2D eigenvalue weighted by Gasteiger charge is -2.25. The molecule has 0 N–H and O–H groups in total. The minimum absolute atomic E-state index is 0.0524. The van der Waals surface area contributed by atoms with E-state index in [-0.39, 0.29) is 23.3 Å². The van der Waals surface area contributed by atoms with Crippen LogP contribution < -0.4 is 0 Å². The third kappa shape index (κ3) is 3.91. The number of carbonyl (C=O) groups excluding carboxylic acids is 1. The number of esters is 1. The van der Waals surface area contributed by atoms with Crippen LogP contribution in [0.15, 0.2) is 60.7 Å². The smallest absolute Gasteiger partial charge is 0.306 e. The predicted molar refractivity (Wildman–Crippen MR) is 96.9 cm³/mol. The number of hydrogen-bond acceptors (Lipinski definition) is 5. The molecule has 0 spiro atoms. The van der Waals surface area contributed by atoms with E-state index < -0.39 is 12.0 Å². The van der Waals surface area contributed by atoms with Crippen LogP contribution >= 0.6 is 0 Å². The zero-order chi connectivity index (χ0) is 18.5. The molecule has 0 radical (unpaired) electrons. The molecular formula is C20H22N2O4. The van der Waals surface area contributed by atoms with Crippen LogP contribution in [0.3, 0.4) is 0 Å². The summed E-state index contributed by atoms with van der Waals surface area (Å²) in [7, 11) is 1.31. The van der Waals surface area contributed by atoms with E-state index in [0.717, 1.165) is 11.1 Å². The Morgan fingerprint density at radius 1 is 1.15 bits per heavy atom. The number of hydrogen-bond donors (Lipinski definition) is 0. The molecule has 1 aliphatic heterocycles. The summed E-state index contributed by atoms with van der Waals surface area (Å²) in [6, 6.07) is 18.2. The van der Waals surface area contributed by atoms with Crippen molar-refractivity contribution in [1.82, 2.24) is 4.90 Å². The van der Waals surface area contributed by atoms with Crippen molar-refractivity contribution in [3.63, 3.8) is 0 Å². The molecule has 3 unspecified atom stereocenters. The fourth-order valence-electron chi connectivity index (χ4n) is 3.81. The van der Waals surface area contributed by atoms with Gasteiger partial charge in [0.25, 0.3) is 0 Å². The highest BCUT2D eigenvalue weighted by molar-refractivity contribution is 5.69. The number of ether oxygens (including phenoxy) is 1. The van der Waals surface area contributed by atoms with Gasteiger partial charge in [0, 0.05) is 18.0 Å². The Morgan fingerprint density at radius 2 is 1.77 bits per heavy atom. The zero-order valence-corrected chi connectivity index (χ0v) is 14.7. The molecule has 0 aliphatic carbocycles. The average molecular weight is 354 g/mol. The second-order valence-corrected chi connectivity index (χ2v) is 6.59. The first-order chi connectivity index (χ1) is 12.6. The van der Waals surface area contributed by atoms with Gasteiger partial charge in [-0.05, 0) is 11.1 Å². The Bertz CT molecular complexity index is 751. The highest BCUT2D eigenvalue weighted by atomic mass is 16.6. The van der Waals surface area contributed by atoms with E-state index in [4.69, 9.17) is 4.74 Å². The molecular weight excluding hydrogens is 332 g/mol. The molecule has 6 heteroatoms. The molecule has 1 fully saturated rings. The van der Waals surface area contributed by atoms with Crippen LogP contribution in [-0.2, 0) is 16.1 Å². The first kappa shape index (κ1) is 18.1. The first-order valence-corrected chi connectivity index (χ1v) is 8.63. The molecule has 0 amide bonds. The van der Waals surface area contributed by atoms with Gasteiger partial charge in [0.05, 0.1) is 19.4 Å². The molecule has 0 bridgehead atoms. The summed E-state index contributed by atoms with van der Waals surface area (Å²) in [6.07, 6.45) is 0.0524. The third-order valence-electron chi connectivity index (χ3n) is 4.94. The maximum absolute atomic E-state index is 11.9. The Kier molecular flexibility index (Phi) is 5.63. The van der Waals surface area contributed by atoms with Gasteiger partial charge in [0.15, 0.2) is 0 Å². The molecule has 0 aromatic heterocycles. The van der Waals surface area contributed by atoms with E-state index in [9.17, 15) is 14.9 Å². The fraction of sp³-hybridized carbons (Fsp3) is 0.350. The molecule has 1 saturated heterocycles. The number of methoxy groups -OCH3 is 1. The molecule has 2 aromatic carbocycles. The quantitative estimate of drug-likeness (QED) is 0.453. The highest BCUT2D eigenvalue weighted by Crippen LogP contribution is 2.40. The van der Waals surface area contributed by atoms with Crippen molar-refractivity contribution in [3.8, 4) is 0 Å². The van der Waals surface area contributed by atoms with Crippen molar-refractivity contribution in [1.29, 1.82) is 0 Å². The molecule has 1 aliphatic rings. The molecule has 136 valence electrons. The lowest BCUT2D eigenvalue weighted by molar-refractivity contribution is -0.533. The molecule has 3 atom stereocenters. The van der Waals surface area contributed by atoms with E-state index in [1.807, 2.05) is 60.7 Å². The lowest BCUT2D eigenvalue weighted by atomic mass is 9.92. The number of rotatable bonds is 6. The summed E-state index contributed by atoms with van der Waals surface area (Å²) in [4.78, 5) is 25.5. The van der Waals surface area contributed by atoms with Crippen molar-refractivity contribution in [3.05, 3.63) is 81.9 Å². The second kappa shape index (κ2) is 8.10. The van der Waals surface area contributed by atoms with Crippen molar-refractivity contribution < 1.29 is 14.5 Å². The van der Waals surface area contributed by atoms with Gasteiger partial charge >= 0.3 is 5.97 Å². The van der Waals surface area contributed by atoms with E-state index in [1.54, 1.807) is 0 Å². The Balaban J connectivity index is 1.94. The van der Waals surface area contributed by atoms with Gasteiger partial charge in [-0.2, -0.15) is 0 Å². The lowest BCUT2D eigenvalue weighted by Crippen LogP contribution is -2.33.